The first kappa shape index (κ1) is 19.0. The van der Waals surface area contributed by atoms with E-state index in [1.54, 1.807) is 12.1 Å². The molecule has 1 aliphatic rings. The minimum Gasteiger partial charge on any atom is -0.405 e. The molecule has 1 atom stereocenters. The number of nitro groups is 1. The molecule has 0 aromatic heterocycles. The van der Waals surface area contributed by atoms with Gasteiger partial charge in [0.15, 0.2) is 0 Å². The molecule has 27 heavy (non-hydrogen) atoms. The number of carbonyl (C=O) groups excluding carboxylic acids is 1. The van der Waals surface area contributed by atoms with Gasteiger partial charge in [0.25, 0.3) is 11.6 Å². The number of nitro benzene ring substituents is 1. The van der Waals surface area contributed by atoms with Crippen molar-refractivity contribution in [1.82, 2.24) is 4.90 Å². The Labute approximate surface area is 156 Å². The van der Waals surface area contributed by atoms with Crippen molar-refractivity contribution < 1.29 is 27.6 Å². The Morgan fingerprint density at radius 3 is 2.48 bits per heavy atom. The molecular formula is C17H13F3N2O4S. The van der Waals surface area contributed by atoms with E-state index in [-0.39, 0.29) is 11.3 Å². The third-order valence-corrected chi connectivity index (χ3v) is 5.14. The van der Waals surface area contributed by atoms with Crippen LogP contribution < -0.4 is 4.74 Å². The van der Waals surface area contributed by atoms with Crippen molar-refractivity contribution in [3.05, 3.63) is 69.8 Å². The first-order chi connectivity index (χ1) is 12.8. The molecule has 1 aliphatic heterocycles. The van der Waals surface area contributed by atoms with Gasteiger partial charge in [-0.15, -0.1) is 24.9 Å². The molecule has 3 rings (SSSR count). The molecule has 0 saturated carbocycles. The van der Waals surface area contributed by atoms with Crippen LogP contribution in [0.2, 0.25) is 0 Å². The Kier molecular flexibility index (Phi) is 5.26. The molecule has 142 valence electrons. The monoisotopic (exact) mass is 398 g/mol. The highest BCUT2D eigenvalue weighted by atomic mass is 32.2. The van der Waals surface area contributed by atoms with Crippen LogP contribution in [0.4, 0.5) is 18.9 Å². The number of halogens is 3. The lowest BCUT2D eigenvalue weighted by Crippen LogP contribution is -2.31. The van der Waals surface area contributed by atoms with Crippen molar-refractivity contribution in [3.63, 3.8) is 0 Å². The summed E-state index contributed by atoms with van der Waals surface area (Å²) in [6, 6.07) is 10.9. The van der Waals surface area contributed by atoms with E-state index < -0.39 is 28.3 Å². The topological polar surface area (TPSA) is 72.7 Å². The van der Waals surface area contributed by atoms with Crippen LogP contribution in [0.1, 0.15) is 21.3 Å². The summed E-state index contributed by atoms with van der Waals surface area (Å²) in [6.45, 7) is 0.339. The van der Waals surface area contributed by atoms with Crippen LogP contribution in [-0.2, 0) is 0 Å². The van der Waals surface area contributed by atoms with E-state index in [9.17, 15) is 28.1 Å². The van der Waals surface area contributed by atoms with Gasteiger partial charge in [0, 0.05) is 24.4 Å². The molecule has 2 aromatic carbocycles. The Balaban J connectivity index is 1.87. The van der Waals surface area contributed by atoms with E-state index in [0.29, 0.717) is 17.9 Å². The first-order valence-electron chi connectivity index (χ1n) is 7.78. The quantitative estimate of drug-likeness (QED) is 0.565. The van der Waals surface area contributed by atoms with Crippen molar-refractivity contribution in [2.45, 2.75) is 11.7 Å². The number of nitrogens with zero attached hydrogens (tertiary/aromatic N) is 2. The zero-order chi connectivity index (χ0) is 19.6. The number of benzene rings is 2. The lowest BCUT2D eigenvalue weighted by atomic mass is 10.1. The molecule has 0 spiro atoms. The van der Waals surface area contributed by atoms with Gasteiger partial charge in [-0.25, -0.2) is 0 Å². The third kappa shape index (κ3) is 4.33. The highest BCUT2D eigenvalue weighted by Gasteiger charge is 2.36. The van der Waals surface area contributed by atoms with Crippen molar-refractivity contribution >= 4 is 23.4 Å². The molecule has 1 amide bonds. The van der Waals surface area contributed by atoms with Gasteiger partial charge in [0.1, 0.15) is 11.1 Å². The Morgan fingerprint density at radius 1 is 1.19 bits per heavy atom. The standard InChI is InChI=1S/C17H13F3N2O4S/c18-17(19,20)26-14-4-2-1-3-13(14)15(23)21-9-10-27-16(21)11-5-7-12(8-6-11)22(24)25/h1-8,16H,9-10H2. The predicted molar refractivity (Wildman–Crippen MR) is 92.5 cm³/mol. The van der Waals surface area contributed by atoms with Crippen molar-refractivity contribution in [2.75, 3.05) is 12.3 Å². The van der Waals surface area contributed by atoms with E-state index in [4.69, 9.17) is 0 Å². The van der Waals surface area contributed by atoms with Gasteiger partial charge in [-0.2, -0.15) is 0 Å². The molecule has 0 radical (unpaired) electrons. The molecule has 10 heteroatoms. The van der Waals surface area contributed by atoms with Crippen LogP contribution in [0.15, 0.2) is 48.5 Å². The van der Waals surface area contributed by atoms with Gasteiger partial charge in [-0.05, 0) is 29.8 Å². The highest BCUT2D eigenvalue weighted by molar-refractivity contribution is 7.99. The maximum Gasteiger partial charge on any atom is 0.573 e. The minimum absolute atomic E-state index is 0.0800. The van der Waals surface area contributed by atoms with Crippen molar-refractivity contribution in [1.29, 1.82) is 0 Å². The van der Waals surface area contributed by atoms with Crippen molar-refractivity contribution in [3.8, 4) is 5.75 Å². The van der Waals surface area contributed by atoms with Gasteiger partial charge in [0.05, 0.1) is 10.5 Å². The summed E-state index contributed by atoms with van der Waals surface area (Å²) in [5.41, 5.74) is 0.387. The first-order valence-corrected chi connectivity index (χ1v) is 8.83. The second kappa shape index (κ2) is 7.47. The van der Waals surface area contributed by atoms with Crippen LogP contribution in [0.3, 0.4) is 0 Å². The van der Waals surface area contributed by atoms with E-state index in [1.165, 1.54) is 47.0 Å². The highest BCUT2D eigenvalue weighted by Crippen LogP contribution is 2.40. The van der Waals surface area contributed by atoms with E-state index in [2.05, 4.69) is 4.74 Å². The van der Waals surface area contributed by atoms with Crippen LogP contribution in [0, 0.1) is 10.1 Å². The van der Waals surface area contributed by atoms with E-state index in [0.717, 1.165) is 6.07 Å². The summed E-state index contributed by atoms with van der Waals surface area (Å²) in [5.74, 6) is -0.562. The van der Waals surface area contributed by atoms with Crippen LogP contribution in [0.5, 0.6) is 5.75 Å². The molecule has 1 fully saturated rings. The van der Waals surface area contributed by atoms with Gasteiger partial charge in [-0.1, -0.05) is 12.1 Å². The second-order valence-corrected chi connectivity index (χ2v) is 6.80. The average Bonchev–Trinajstić information content (AvgIpc) is 3.10. The molecule has 1 saturated heterocycles. The lowest BCUT2D eigenvalue weighted by Gasteiger charge is -2.25. The normalized spacial score (nSPS) is 17.0. The zero-order valence-corrected chi connectivity index (χ0v) is 14.5. The Bertz CT molecular complexity index is 858. The summed E-state index contributed by atoms with van der Waals surface area (Å²) in [4.78, 5) is 24.5. The average molecular weight is 398 g/mol. The second-order valence-electron chi connectivity index (χ2n) is 5.61. The van der Waals surface area contributed by atoms with Crippen LogP contribution >= 0.6 is 11.8 Å². The van der Waals surface area contributed by atoms with Gasteiger partial charge < -0.3 is 9.64 Å². The number of non-ortho nitro benzene ring substituents is 1. The number of hydrogen-bond acceptors (Lipinski definition) is 5. The zero-order valence-electron chi connectivity index (χ0n) is 13.7. The van der Waals surface area contributed by atoms with Crippen molar-refractivity contribution in [2.24, 2.45) is 0 Å². The number of ether oxygens (including phenoxy) is 1. The molecule has 0 aliphatic carbocycles. The van der Waals surface area contributed by atoms with E-state index >= 15 is 0 Å². The molecule has 0 N–H and O–H groups in total. The summed E-state index contributed by atoms with van der Waals surface area (Å²) in [5, 5.41) is 10.3. The number of hydrogen-bond donors (Lipinski definition) is 0. The molecule has 6 nitrogen and oxygen atoms in total. The fourth-order valence-electron chi connectivity index (χ4n) is 2.73. The summed E-state index contributed by atoms with van der Waals surface area (Å²) >= 11 is 1.43. The smallest absolute Gasteiger partial charge is 0.405 e. The molecule has 1 unspecified atom stereocenters. The number of alkyl halides is 3. The summed E-state index contributed by atoms with van der Waals surface area (Å²) in [6.07, 6.45) is -4.91. The number of thioether (sulfide) groups is 1. The Morgan fingerprint density at radius 2 is 1.85 bits per heavy atom. The van der Waals surface area contributed by atoms with Gasteiger partial charge in [-0.3, -0.25) is 14.9 Å². The SMILES string of the molecule is O=C(c1ccccc1OC(F)(F)F)N1CCSC1c1ccc([N+](=O)[O-])cc1. The summed E-state index contributed by atoms with van der Waals surface area (Å²) < 4.78 is 41.8. The molecule has 1 heterocycles. The molecule has 2 aromatic rings. The fraction of sp³-hybridized carbons (Fsp3) is 0.235. The van der Waals surface area contributed by atoms with Gasteiger partial charge >= 0.3 is 6.36 Å². The molecular weight excluding hydrogens is 385 g/mol. The van der Waals surface area contributed by atoms with Crippen LogP contribution in [-0.4, -0.2) is 34.4 Å². The number of amides is 1. The van der Waals surface area contributed by atoms with Gasteiger partial charge in [0.2, 0.25) is 0 Å². The number of rotatable bonds is 4. The van der Waals surface area contributed by atoms with Crippen LogP contribution in [0.25, 0.3) is 0 Å². The largest absolute Gasteiger partial charge is 0.573 e. The minimum atomic E-state index is -4.91. The maximum absolute atomic E-state index is 12.9. The maximum atomic E-state index is 12.9. The number of carbonyl (C=O) groups is 1. The third-order valence-electron chi connectivity index (χ3n) is 3.88. The lowest BCUT2D eigenvalue weighted by molar-refractivity contribution is -0.384. The summed E-state index contributed by atoms with van der Waals surface area (Å²) in [7, 11) is 0. The van der Waals surface area contributed by atoms with E-state index in [1.807, 2.05) is 0 Å². The molecule has 0 bridgehead atoms. The predicted octanol–water partition coefficient (Wildman–Crippen LogP) is 4.38. The number of para-hydroxylation sites is 1. The Hall–Kier alpha value is -2.75. The fourth-order valence-corrected chi connectivity index (χ4v) is 3.98.